The zero-order chi connectivity index (χ0) is 12.0. The van der Waals surface area contributed by atoms with Crippen LogP contribution in [-0.4, -0.2) is 37.5 Å². The number of hydrogen-bond acceptors (Lipinski definition) is 3. The summed E-state index contributed by atoms with van der Waals surface area (Å²) in [6.07, 6.45) is 3.66. The van der Waals surface area contributed by atoms with Gasteiger partial charge in [-0.1, -0.05) is 6.92 Å². The fourth-order valence-corrected chi connectivity index (χ4v) is 2.11. The summed E-state index contributed by atoms with van der Waals surface area (Å²) in [5.74, 6) is 0. The van der Waals surface area contributed by atoms with Gasteiger partial charge in [-0.05, 0) is 40.0 Å². The van der Waals surface area contributed by atoms with E-state index in [2.05, 4.69) is 33.0 Å². The Morgan fingerprint density at radius 1 is 1.50 bits per heavy atom. The lowest BCUT2D eigenvalue weighted by Crippen LogP contribution is -2.45. The van der Waals surface area contributed by atoms with E-state index in [1.165, 1.54) is 0 Å². The van der Waals surface area contributed by atoms with Gasteiger partial charge in [0.1, 0.15) is 0 Å². The summed E-state index contributed by atoms with van der Waals surface area (Å²) in [7, 11) is 0. The van der Waals surface area contributed by atoms with Crippen molar-refractivity contribution in [2.24, 2.45) is 0 Å². The third-order valence-corrected chi connectivity index (χ3v) is 3.33. The molecule has 2 unspecified atom stereocenters. The molecule has 1 aliphatic rings. The molecule has 0 aromatic heterocycles. The summed E-state index contributed by atoms with van der Waals surface area (Å²) in [6.45, 7) is 11.2. The normalized spacial score (nSPS) is 30.9. The summed E-state index contributed by atoms with van der Waals surface area (Å²) in [4.78, 5) is 0. The van der Waals surface area contributed by atoms with Crippen LogP contribution < -0.4 is 5.32 Å². The Kier molecular flexibility index (Phi) is 5.73. The number of ether oxygens (including phenoxy) is 2. The van der Waals surface area contributed by atoms with Crippen LogP contribution in [0.4, 0.5) is 0 Å². The molecule has 0 saturated carbocycles. The molecule has 1 saturated heterocycles. The van der Waals surface area contributed by atoms with E-state index in [1.54, 1.807) is 0 Å². The maximum Gasteiger partial charge on any atom is 0.0666 e. The Morgan fingerprint density at radius 2 is 2.25 bits per heavy atom. The van der Waals surface area contributed by atoms with Crippen molar-refractivity contribution < 1.29 is 9.47 Å². The topological polar surface area (TPSA) is 30.5 Å². The van der Waals surface area contributed by atoms with Gasteiger partial charge < -0.3 is 14.8 Å². The van der Waals surface area contributed by atoms with Crippen LogP contribution in [0.15, 0.2) is 0 Å². The van der Waals surface area contributed by atoms with E-state index in [0.717, 1.165) is 39.0 Å². The summed E-state index contributed by atoms with van der Waals surface area (Å²) >= 11 is 0. The molecule has 3 heteroatoms. The van der Waals surface area contributed by atoms with Crippen LogP contribution in [0.3, 0.4) is 0 Å². The highest BCUT2D eigenvalue weighted by Gasteiger charge is 2.31. The van der Waals surface area contributed by atoms with E-state index in [-0.39, 0.29) is 5.60 Å². The van der Waals surface area contributed by atoms with Gasteiger partial charge in [0.05, 0.1) is 18.3 Å². The minimum Gasteiger partial charge on any atom is -0.377 e. The van der Waals surface area contributed by atoms with Crippen LogP contribution in [0.5, 0.6) is 0 Å². The molecule has 0 radical (unpaired) electrons. The average Bonchev–Trinajstić information content (AvgIpc) is 2.24. The van der Waals surface area contributed by atoms with Crippen molar-refractivity contribution in [3.05, 3.63) is 0 Å². The van der Waals surface area contributed by atoms with E-state index in [0.29, 0.717) is 12.1 Å². The molecule has 16 heavy (non-hydrogen) atoms. The van der Waals surface area contributed by atoms with Gasteiger partial charge in [-0.15, -0.1) is 0 Å². The molecule has 0 aliphatic carbocycles. The van der Waals surface area contributed by atoms with Gasteiger partial charge in [-0.3, -0.25) is 0 Å². The first-order chi connectivity index (χ1) is 7.56. The molecule has 0 aromatic rings. The van der Waals surface area contributed by atoms with Gasteiger partial charge in [0.15, 0.2) is 0 Å². The van der Waals surface area contributed by atoms with Crippen LogP contribution in [0.25, 0.3) is 0 Å². The Morgan fingerprint density at radius 3 is 2.88 bits per heavy atom. The predicted molar refractivity (Wildman–Crippen MR) is 66.8 cm³/mol. The first-order valence-electron chi connectivity index (χ1n) is 6.54. The Bertz CT molecular complexity index is 196. The molecule has 0 bridgehead atoms. The molecule has 1 aliphatic heterocycles. The highest BCUT2D eigenvalue weighted by atomic mass is 16.5. The van der Waals surface area contributed by atoms with Gasteiger partial charge in [-0.2, -0.15) is 0 Å². The van der Waals surface area contributed by atoms with Gasteiger partial charge in [0.2, 0.25) is 0 Å². The molecule has 0 aromatic carbocycles. The third kappa shape index (κ3) is 4.81. The van der Waals surface area contributed by atoms with E-state index in [4.69, 9.17) is 9.47 Å². The Hall–Kier alpha value is -0.120. The minimum atomic E-state index is 0.0782. The predicted octanol–water partition coefficient (Wildman–Crippen LogP) is 2.35. The van der Waals surface area contributed by atoms with E-state index < -0.39 is 0 Å². The van der Waals surface area contributed by atoms with Crippen molar-refractivity contribution >= 4 is 0 Å². The summed E-state index contributed by atoms with van der Waals surface area (Å²) < 4.78 is 11.3. The first-order valence-corrected chi connectivity index (χ1v) is 6.54. The maximum atomic E-state index is 5.82. The van der Waals surface area contributed by atoms with Gasteiger partial charge in [0.25, 0.3) is 0 Å². The van der Waals surface area contributed by atoms with Crippen molar-refractivity contribution in [3.63, 3.8) is 0 Å². The lowest BCUT2D eigenvalue weighted by molar-refractivity contribution is -0.0785. The molecule has 0 amide bonds. The van der Waals surface area contributed by atoms with Gasteiger partial charge in [0, 0.05) is 19.2 Å². The lowest BCUT2D eigenvalue weighted by atomic mass is 9.90. The number of hydrogen-bond donors (Lipinski definition) is 1. The van der Waals surface area contributed by atoms with Crippen LogP contribution in [-0.2, 0) is 9.47 Å². The number of nitrogens with one attached hydrogen (secondary N) is 1. The third-order valence-electron chi connectivity index (χ3n) is 3.33. The Labute approximate surface area is 99.9 Å². The zero-order valence-electron chi connectivity index (χ0n) is 11.2. The van der Waals surface area contributed by atoms with Crippen molar-refractivity contribution in [3.8, 4) is 0 Å². The summed E-state index contributed by atoms with van der Waals surface area (Å²) in [5.41, 5.74) is 0.0782. The highest BCUT2D eigenvalue weighted by molar-refractivity contribution is 4.85. The van der Waals surface area contributed by atoms with Crippen LogP contribution >= 0.6 is 0 Å². The maximum absolute atomic E-state index is 5.82. The molecular weight excluding hydrogens is 202 g/mol. The molecule has 1 rings (SSSR count). The van der Waals surface area contributed by atoms with Crippen molar-refractivity contribution in [2.45, 2.75) is 64.7 Å². The van der Waals surface area contributed by atoms with Gasteiger partial charge in [-0.25, -0.2) is 0 Å². The number of rotatable bonds is 6. The molecule has 3 nitrogen and oxygen atoms in total. The van der Waals surface area contributed by atoms with Crippen molar-refractivity contribution in [1.82, 2.24) is 5.32 Å². The van der Waals surface area contributed by atoms with E-state index in [1.807, 2.05) is 0 Å². The van der Waals surface area contributed by atoms with Crippen molar-refractivity contribution in [1.29, 1.82) is 0 Å². The van der Waals surface area contributed by atoms with E-state index >= 15 is 0 Å². The summed E-state index contributed by atoms with van der Waals surface area (Å²) in [6, 6.07) is 0.592. The monoisotopic (exact) mass is 229 g/mol. The van der Waals surface area contributed by atoms with Crippen LogP contribution in [0.1, 0.15) is 47.0 Å². The summed E-state index contributed by atoms with van der Waals surface area (Å²) in [5, 5.41) is 3.56. The first kappa shape index (κ1) is 13.9. The Balaban J connectivity index is 2.17. The fourth-order valence-electron chi connectivity index (χ4n) is 2.11. The molecule has 2 atom stereocenters. The molecule has 96 valence electrons. The molecule has 1 heterocycles. The second-order valence-corrected chi connectivity index (χ2v) is 5.22. The largest absolute Gasteiger partial charge is 0.377 e. The molecule has 1 N–H and O–H groups in total. The van der Waals surface area contributed by atoms with Crippen LogP contribution in [0.2, 0.25) is 0 Å². The smallest absolute Gasteiger partial charge is 0.0666 e. The lowest BCUT2D eigenvalue weighted by Gasteiger charge is -2.38. The molecule has 0 spiro atoms. The second kappa shape index (κ2) is 6.58. The molecule has 1 fully saturated rings. The molecular formula is C13H27NO2. The second-order valence-electron chi connectivity index (χ2n) is 5.22. The standard InChI is InChI=1S/C13H27NO2/c1-5-13(4)10-12(6-8-16-13)14-7-9-15-11(2)3/h11-12,14H,5-10H2,1-4H3. The highest BCUT2D eigenvalue weighted by Crippen LogP contribution is 2.27. The SMILES string of the molecule is CCC1(C)CC(NCCOC(C)C)CCO1. The van der Waals surface area contributed by atoms with Crippen molar-refractivity contribution in [2.75, 3.05) is 19.8 Å². The van der Waals surface area contributed by atoms with Crippen LogP contribution in [0, 0.1) is 0 Å². The quantitative estimate of drug-likeness (QED) is 0.709. The fraction of sp³-hybridized carbons (Fsp3) is 1.00. The zero-order valence-corrected chi connectivity index (χ0v) is 11.2. The average molecular weight is 229 g/mol. The minimum absolute atomic E-state index is 0.0782. The van der Waals surface area contributed by atoms with Gasteiger partial charge >= 0.3 is 0 Å². The van der Waals surface area contributed by atoms with E-state index in [9.17, 15) is 0 Å².